The summed E-state index contributed by atoms with van der Waals surface area (Å²) in [6.45, 7) is 0. The Morgan fingerprint density at radius 3 is 2.52 bits per heavy atom. The molecule has 0 saturated carbocycles. The van der Waals surface area contributed by atoms with E-state index in [-0.39, 0.29) is 0 Å². The molecule has 2 nitrogen and oxygen atoms in total. The SMILES string of the molecule is Clc1ccc2c(-c3ccccc3)cc3cccnc3c2n1. The summed E-state index contributed by atoms with van der Waals surface area (Å²) >= 11 is 6.08. The Hall–Kier alpha value is -2.45. The van der Waals surface area contributed by atoms with E-state index in [0.29, 0.717) is 5.15 Å². The van der Waals surface area contributed by atoms with Crippen LogP contribution < -0.4 is 0 Å². The molecule has 0 spiro atoms. The van der Waals surface area contributed by atoms with Crippen molar-refractivity contribution in [2.24, 2.45) is 0 Å². The molecular weight excluding hydrogens is 280 g/mol. The lowest BCUT2D eigenvalue weighted by Gasteiger charge is -2.09. The number of nitrogens with zero attached hydrogens (tertiary/aromatic N) is 2. The van der Waals surface area contributed by atoms with Gasteiger partial charge >= 0.3 is 0 Å². The zero-order valence-electron chi connectivity index (χ0n) is 11.1. The zero-order chi connectivity index (χ0) is 14.2. The van der Waals surface area contributed by atoms with E-state index < -0.39 is 0 Å². The summed E-state index contributed by atoms with van der Waals surface area (Å²) in [6, 6.07) is 20.3. The third-order valence-electron chi connectivity index (χ3n) is 3.60. The van der Waals surface area contributed by atoms with Gasteiger partial charge in [-0.25, -0.2) is 4.98 Å². The van der Waals surface area contributed by atoms with Crippen LogP contribution in [0.25, 0.3) is 32.9 Å². The summed E-state index contributed by atoms with van der Waals surface area (Å²) in [6.07, 6.45) is 1.78. The van der Waals surface area contributed by atoms with Crippen LogP contribution in [0.4, 0.5) is 0 Å². The van der Waals surface area contributed by atoms with Crippen molar-refractivity contribution in [3.63, 3.8) is 0 Å². The van der Waals surface area contributed by atoms with E-state index in [1.807, 2.05) is 36.4 Å². The van der Waals surface area contributed by atoms with E-state index >= 15 is 0 Å². The van der Waals surface area contributed by atoms with Crippen LogP contribution in [0.3, 0.4) is 0 Å². The normalized spacial score (nSPS) is 11.1. The van der Waals surface area contributed by atoms with Crippen molar-refractivity contribution < 1.29 is 0 Å². The first-order valence-corrected chi connectivity index (χ1v) is 7.10. The van der Waals surface area contributed by atoms with Crippen LogP contribution in [0.2, 0.25) is 5.15 Å². The molecule has 4 rings (SSSR count). The molecule has 100 valence electrons. The van der Waals surface area contributed by atoms with Gasteiger partial charge in [-0.1, -0.05) is 48.0 Å². The van der Waals surface area contributed by atoms with E-state index in [2.05, 4.69) is 34.2 Å². The highest BCUT2D eigenvalue weighted by Gasteiger charge is 2.10. The Kier molecular flexibility index (Phi) is 2.83. The second-order valence-electron chi connectivity index (χ2n) is 4.90. The van der Waals surface area contributed by atoms with E-state index in [0.717, 1.165) is 32.9 Å². The maximum Gasteiger partial charge on any atom is 0.129 e. The number of fused-ring (bicyclic) bond motifs is 3. The lowest BCUT2D eigenvalue weighted by Crippen LogP contribution is -1.89. The summed E-state index contributed by atoms with van der Waals surface area (Å²) in [5.41, 5.74) is 4.04. The lowest BCUT2D eigenvalue weighted by molar-refractivity contribution is 1.37. The molecule has 0 unspecified atom stereocenters. The van der Waals surface area contributed by atoms with Gasteiger partial charge in [-0.05, 0) is 35.4 Å². The standard InChI is InChI=1S/C18H11ClN2/c19-16-9-8-14-15(12-5-2-1-3-6-12)11-13-7-4-10-20-17(13)18(14)21-16/h1-11H. The average molecular weight is 291 g/mol. The molecule has 4 aromatic rings. The smallest absolute Gasteiger partial charge is 0.129 e. The van der Waals surface area contributed by atoms with Crippen LogP contribution in [-0.4, -0.2) is 9.97 Å². The number of rotatable bonds is 1. The summed E-state index contributed by atoms with van der Waals surface area (Å²) in [5.74, 6) is 0. The van der Waals surface area contributed by atoms with Gasteiger partial charge < -0.3 is 0 Å². The molecule has 3 heteroatoms. The molecule has 2 aromatic heterocycles. The van der Waals surface area contributed by atoms with E-state index in [1.165, 1.54) is 0 Å². The molecule has 21 heavy (non-hydrogen) atoms. The molecule has 0 aliphatic carbocycles. The number of hydrogen-bond donors (Lipinski definition) is 0. The molecule has 0 aliphatic rings. The van der Waals surface area contributed by atoms with Crippen molar-refractivity contribution in [2.75, 3.05) is 0 Å². The van der Waals surface area contributed by atoms with Crippen LogP contribution in [0.5, 0.6) is 0 Å². The molecule has 0 saturated heterocycles. The minimum Gasteiger partial charge on any atom is -0.254 e. The van der Waals surface area contributed by atoms with Crippen LogP contribution in [-0.2, 0) is 0 Å². The first-order chi connectivity index (χ1) is 10.3. The molecule has 0 N–H and O–H groups in total. The molecule has 0 bridgehead atoms. The number of hydrogen-bond acceptors (Lipinski definition) is 2. The Balaban J connectivity index is 2.19. The van der Waals surface area contributed by atoms with Gasteiger partial charge in [0, 0.05) is 17.0 Å². The molecular formula is C18H11ClN2. The van der Waals surface area contributed by atoms with Crippen LogP contribution in [0, 0.1) is 0 Å². The van der Waals surface area contributed by atoms with Crippen LogP contribution >= 0.6 is 11.6 Å². The molecule has 0 fully saturated rings. The van der Waals surface area contributed by atoms with Crippen molar-refractivity contribution in [1.82, 2.24) is 9.97 Å². The van der Waals surface area contributed by atoms with Gasteiger partial charge in [0.15, 0.2) is 0 Å². The molecule has 2 aromatic carbocycles. The Morgan fingerprint density at radius 1 is 0.810 bits per heavy atom. The molecule has 0 atom stereocenters. The van der Waals surface area contributed by atoms with Gasteiger partial charge in [-0.2, -0.15) is 0 Å². The Bertz CT molecular complexity index is 949. The molecule has 2 heterocycles. The van der Waals surface area contributed by atoms with Crippen molar-refractivity contribution >= 4 is 33.4 Å². The molecule has 0 amide bonds. The monoisotopic (exact) mass is 290 g/mol. The van der Waals surface area contributed by atoms with Gasteiger partial charge in [0.05, 0.1) is 11.0 Å². The van der Waals surface area contributed by atoms with E-state index in [4.69, 9.17) is 11.6 Å². The fourth-order valence-corrected chi connectivity index (χ4v) is 2.80. The van der Waals surface area contributed by atoms with Crippen molar-refractivity contribution in [3.05, 3.63) is 72.0 Å². The highest BCUT2D eigenvalue weighted by atomic mass is 35.5. The third-order valence-corrected chi connectivity index (χ3v) is 3.81. The van der Waals surface area contributed by atoms with E-state index in [1.54, 1.807) is 6.20 Å². The fraction of sp³-hybridized carbons (Fsp3) is 0. The quantitative estimate of drug-likeness (QED) is 0.360. The van der Waals surface area contributed by atoms with Gasteiger partial charge in [0.25, 0.3) is 0 Å². The maximum absolute atomic E-state index is 6.08. The average Bonchev–Trinajstić information content (AvgIpc) is 2.55. The minimum absolute atomic E-state index is 0.486. The first kappa shape index (κ1) is 12.3. The maximum atomic E-state index is 6.08. The lowest BCUT2D eigenvalue weighted by atomic mass is 9.98. The summed E-state index contributed by atoms with van der Waals surface area (Å²) in [5, 5.41) is 2.62. The molecule has 0 radical (unpaired) electrons. The molecule has 0 aliphatic heterocycles. The second kappa shape index (κ2) is 4.83. The van der Waals surface area contributed by atoms with Crippen LogP contribution in [0.1, 0.15) is 0 Å². The van der Waals surface area contributed by atoms with Gasteiger partial charge in [-0.15, -0.1) is 0 Å². The van der Waals surface area contributed by atoms with Crippen LogP contribution in [0.15, 0.2) is 66.9 Å². The summed E-state index contributed by atoms with van der Waals surface area (Å²) < 4.78 is 0. The summed E-state index contributed by atoms with van der Waals surface area (Å²) in [4.78, 5) is 8.96. The Labute approximate surface area is 127 Å². The number of pyridine rings is 2. The highest BCUT2D eigenvalue weighted by Crippen LogP contribution is 2.33. The number of halogens is 1. The zero-order valence-corrected chi connectivity index (χ0v) is 11.9. The predicted octanol–water partition coefficient (Wildman–Crippen LogP) is 5.10. The number of benzene rings is 2. The summed E-state index contributed by atoms with van der Waals surface area (Å²) in [7, 11) is 0. The first-order valence-electron chi connectivity index (χ1n) is 6.72. The second-order valence-corrected chi connectivity index (χ2v) is 5.28. The fourth-order valence-electron chi connectivity index (χ4n) is 2.66. The van der Waals surface area contributed by atoms with Crippen molar-refractivity contribution in [2.45, 2.75) is 0 Å². The van der Waals surface area contributed by atoms with Gasteiger partial charge in [0.2, 0.25) is 0 Å². The Morgan fingerprint density at radius 2 is 1.67 bits per heavy atom. The predicted molar refractivity (Wildman–Crippen MR) is 87.5 cm³/mol. The topological polar surface area (TPSA) is 25.8 Å². The minimum atomic E-state index is 0.486. The van der Waals surface area contributed by atoms with E-state index in [9.17, 15) is 0 Å². The highest BCUT2D eigenvalue weighted by molar-refractivity contribution is 6.30. The van der Waals surface area contributed by atoms with Gasteiger partial charge in [-0.3, -0.25) is 4.98 Å². The largest absolute Gasteiger partial charge is 0.254 e. The van der Waals surface area contributed by atoms with Crippen molar-refractivity contribution in [3.8, 4) is 11.1 Å². The number of aromatic nitrogens is 2. The third kappa shape index (κ3) is 2.05. The van der Waals surface area contributed by atoms with Crippen molar-refractivity contribution in [1.29, 1.82) is 0 Å². The van der Waals surface area contributed by atoms with Gasteiger partial charge in [0.1, 0.15) is 5.15 Å².